The van der Waals surface area contributed by atoms with Gasteiger partial charge in [-0.25, -0.2) is 4.79 Å². The highest BCUT2D eigenvalue weighted by Crippen LogP contribution is 2.13. The highest BCUT2D eigenvalue weighted by atomic mass is 28.3. The molecule has 0 aliphatic rings. The van der Waals surface area contributed by atoms with Crippen molar-refractivity contribution in [3.63, 3.8) is 0 Å². The third-order valence-electron chi connectivity index (χ3n) is 2.31. The number of aliphatic hydroxyl groups excluding tert-OH is 1. The molecule has 5 heteroatoms. The summed E-state index contributed by atoms with van der Waals surface area (Å²) in [6, 6.07) is 0.856. The zero-order valence-corrected chi connectivity index (χ0v) is 11.2. The van der Waals surface area contributed by atoms with Crippen LogP contribution in [-0.2, 0) is 9.53 Å². The van der Waals surface area contributed by atoms with Crippen LogP contribution in [0.25, 0.3) is 0 Å². The highest BCUT2D eigenvalue weighted by molar-refractivity contribution is 6.76. The molecular weight excluding hydrogens is 212 g/mol. The molecule has 0 unspecified atom stereocenters. The molecule has 0 heterocycles. The fourth-order valence-corrected chi connectivity index (χ4v) is 1.48. The summed E-state index contributed by atoms with van der Waals surface area (Å²) in [5.74, 6) is -0.754. The van der Waals surface area contributed by atoms with Gasteiger partial charge in [-0.3, -0.25) is 0 Å². The Labute approximate surface area is 92.3 Å². The predicted molar refractivity (Wildman–Crippen MR) is 61.4 cm³/mol. The first-order valence-corrected chi connectivity index (χ1v) is 8.86. The molecule has 0 saturated carbocycles. The average molecular weight is 234 g/mol. The summed E-state index contributed by atoms with van der Waals surface area (Å²) in [6.07, 6.45) is -1.13. The van der Waals surface area contributed by atoms with Gasteiger partial charge < -0.3 is 14.9 Å². The summed E-state index contributed by atoms with van der Waals surface area (Å²) in [4.78, 5) is 11.4. The molecule has 0 bridgehead atoms. The van der Waals surface area contributed by atoms with Crippen molar-refractivity contribution in [2.45, 2.75) is 51.2 Å². The van der Waals surface area contributed by atoms with Gasteiger partial charge in [0.05, 0.1) is 12.7 Å². The van der Waals surface area contributed by atoms with E-state index in [0.29, 0.717) is 6.61 Å². The van der Waals surface area contributed by atoms with Gasteiger partial charge in [0.25, 0.3) is 0 Å². The molecule has 90 valence electrons. The maximum absolute atomic E-state index is 11.4. The lowest BCUT2D eigenvalue weighted by Gasteiger charge is -2.25. The molecule has 0 aromatic heterocycles. The molecule has 2 N–H and O–H groups in total. The zero-order chi connectivity index (χ0) is 12.3. The molecule has 2 atom stereocenters. The normalized spacial score (nSPS) is 18.1. The van der Waals surface area contributed by atoms with Crippen molar-refractivity contribution < 1.29 is 19.7 Å². The van der Waals surface area contributed by atoms with Crippen LogP contribution >= 0.6 is 0 Å². The van der Waals surface area contributed by atoms with Gasteiger partial charge in [-0.1, -0.05) is 19.6 Å². The molecule has 0 aliphatic carbocycles. The van der Waals surface area contributed by atoms with Gasteiger partial charge in [0.2, 0.25) is 0 Å². The van der Waals surface area contributed by atoms with E-state index < -0.39 is 25.7 Å². The SMILES string of the molecule is C[C@H](O)[C@@](C)(O)C(=O)OCC[Si](C)(C)C. The number of carbonyl (C=O) groups is 1. The van der Waals surface area contributed by atoms with Gasteiger partial charge >= 0.3 is 5.97 Å². The second-order valence-electron chi connectivity index (χ2n) is 5.27. The maximum Gasteiger partial charge on any atom is 0.340 e. The topological polar surface area (TPSA) is 66.8 Å². The van der Waals surface area contributed by atoms with E-state index in [1.807, 2.05) is 0 Å². The standard InChI is InChI=1S/C10H22O4Si/c1-8(11)10(2,13)9(12)14-6-7-15(3,4)5/h8,11,13H,6-7H2,1-5H3/t8-,10+/m0/s1. The van der Waals surface area contributed by atoms with Crippen molar-refractivity contribution >= 4 is 14.0 Å². The van der Waals surface area contributed by atoms with Gasteiger partial charge in [0, 0.05) is 8.07 Å². The van der Waals surface area contributed by atoms with E-state index in [2.05, 4.69) is 19.6 Å². The summed E-state index contributed by atoms with van der Waals surface area (Å²) >= 11 is 0. The second-order valence-corrected chi connectivity index (χ2v) is 10.9. The Balaban J connectivity index is 4.06. The van der Waals surface area contributed by atoms with Gasteiger partial charge in [0.1, 0.15) is 0 Å². The Morgan fingerprint density at radius 2 is 1.93 bits per heavy atom. The Kier molecular flexibility index (Phi) is 4.96. The van der Waals surface area contributed by atoms with E-state index in [0.717, 1.165) is 6.04 Å². The third kappa shape index (κ3) is 5.29. The first kappa shape index (κ1) is 14.6. The van der Waals surface area contributed by atoms with Gasteiger partial charge in [-0.15, -0.1) is 0 Å². The van der Waals surface area contributed by atoms with Crippen molar-refractivity contribution in [2.24, 2.45) is 0 Å². The van der Waals surface area contributed by atoms with Crippen molar-refractivity contribution in [1.29, 1.82) is 0 Å². The fourth-order valence-electron chi connectivity index (χ4n) is 0.767. The molecule has 0 aromatic rings. The Hall–Kier alpha value is -0.393. The van der Waals surface area contributed by atoms with Crippen LogP contribution in [-0.4, -0.2) is 42.6 Å². The molecule has 0 spiro atoms. The predicted octanol–water partition coefficient (Wildman–Crippen LogP) is 1.000. The minimum Gasteiger partial charge on any atom is -0.464 e. The van der Waals surface area contributed by atoms with Gasteiger partial charge in [-0.2, -0.15) is 0 Å². The number of hydrogen-bond acceptors (Lipinski definition) is 4. The average Bonchev–Trinajstić information content (AvgIpc) is 2.01. The molecule has 15 heavy (non-hydrogen) atoms. The lowest BCUT2D eigenvalue weighted by molar-refractivity contribution is -0.173. The van der Waals surface area contributed by atoms with Crippen molar-refractivity contribution in [1.82, 2.24) is 0 Å². The summed E-state index contributed by atoms with van der Waals surface area (Å²) in [5.41, 5.74) is -1.81. The molecule has 0 rings (SSSR count). The Morgan fingerprint density at radius 1 is 1.47 bits per heavy atom. The van der Waals surface area contributed by atoms with E-state index in [4.69, 9.17) is 9.84 Å². The van der Waals surface area contributed by atoms with Crippen LogP contribution in [0.4, 0.5) is 0 Å². The van der Waals surface area contributed by atoms with E-state index in [1.54, 1.807) is 0 Å². The number of rotatable bonds is 5. The quantitative estimate of drug-likeness (QED) is 0.550. The number of esters is 1. The monoisotopic (exact) mass is 234 g/mol. The number of aliphatic hydroxyl groups is 2. The molecule has 0 aromatic carbocycles. The molecular formula is C10H22O4Si. The lowest BCUT2D eigenvalue weighted by atomic mass is 10.0. The molecule has 0 radical (unpaired) electrons. The summed E-state index contributed by atoms with van der Waals surface area (Å²) in [5, 5.41) is 18.7. The van der Waals surface area contributed by atoms with Crippen LogP contribution in [0.15, 0.2) is 0 Å². The minimum absolute atomic E-state index is 0.317. The van der Waals surface area contributed by atoms with Crippen LogP contribution in [0.1, 0.15) is 13.8 Å². The Bertz CT molecular complexity index is 218. The van der Waals surface area contributed by atoms with Crippen LogP contribution < -0.4 is 0 Å². The highest BCUT2D eigenvalue weighted by Gasteiger charge is 2.37. The van der Waals surface area contributed by atoms with Crippen molar-refractivity contribution in [3.8, 4) is 0 Å². The lowest BCUT2D eigenvalue weighted by Crippen LogP contribution is -2.46. The van der Waals surface area contributed by atoms with Crippen LogP contribution in [0.3, 0.4) is 0 Å². The number of ether oxygens (including phenoxy) is 1. The van der Waals surface area contributed by atoms with Crippen LogP contribution in [0.2, 0.25) is 25.7 Å². The van der Waals surface area contributed by atoms with E-state index in [-0.39, 0.29) is 0 Å². The van der Waals surface area contributed by atoms with Crippen LogP contribution in [0.5, 0.6) is 0 Å². The fraction of sp³-hybridized carbons (Fsp3) is 0.900. The third-order valence-corrected chi connectivity index (χ3v) is 4.02. The molecule has 0 saturated heterocycles. The maximum atomic E-state index is 11.4. The Morgan fingerprint density at radius 3 is 2.27 bits per heavy atom. The summed E-state index contributed by atoms with van der Waals surface area (Å²) in [6.45, 7) is 9.46. The molecule has 0 fully saturated rings. The van der Waals surface area contributed by atoms with Gasteiger partial charge in [0.15, 0.2) is 5.60 Å². The minimum atomic E-state index is -1.81. The second kappa shape index (κ2) is 5.09. The van der Waals surface area contributed by atoms with E-state index in [1.165, 1.54) is 13.8 Å². The van der Waals surface area contributed by atoms with E-state index >= 15 is 0 Å². The summed E-state index contributed by atoms with van der Waals surface area (Å²) in [7, 11) is -1.23. The molecule has 0 aliphatic heterocycles. The zero-order valence-electron chi connectivity index (χ0n) is 10.2. The number of carbonyl (C=O) groups excluding carboxylic acids is 1. The molecule has 0 amide bonds. The first-order chi connectivity index (χ1) is 6.57. The first-order valence-electron chi connectivity index (χ1n) is 5.15. The number of hydrogen-bond donors (Lipinski definition) is 2. The van der Waals surface area contributed by atoms with E-state index in [9.17, 15) is 9.90 Å². The largest absolute Gasteiger partial charge is 0.464 e. The van der Waals surface area contributed by atoms with Crippen molar-refractivity contribution in [3.05, 3.63) is 0 Å². The smallest absolute Gasteiger partial charge is 0.340 e. The summed E-state index contributed by atoms with van der Waals surface area (Å²) < 4.78 is 4.93. The van der Waals surface area contributed by atoms with Crippen LogP contribution in [0, 0.1) is 0 Å². The van der Waals surface area contributed by atoms with Crippen molar-refractivity contribution in [2.75, 3.05) is 6.61 Å². The van der Waals surface area contributed by atoms with Gasteiger partial charge in [-0.05, 0) is 19.9 Å². The molecule has 4 nitrogen and oxygen atoms in total.